The minimum Gasteiger partial charge on any atom is -0.453 e. The molecule has 0 unspecified atom stereocenters. The number of hydrogen-bond donors (Lipinski definition) is 6. The molecule has 7 N–H and O–H groups in total. The van der Waals surface area contributed by atoms with Crippen molar-refractivity contribution in [2.24, 2.45) is 0 Å². The number of nitrogens with one attached hydrogen (secondary N) is 2. The second-order valence-electron chi connectivity index (χ2n) is 7.28. The minimum absolute atomic E-state index is 0.0209. The molecule has 1 aromatic carbocycles. The number of H-pyrrole nitrogens is 1. The van der Waals surface area contributed by atoms with Crippen LogP contribution in [0, 0.1) is 0 Å². The van der Waals surface area contributed by atoms with Gasteiger partial charge in [0.1, 0.15) is 12.2 Å². The molecule has 3 heterocycles. The zero-order valence-electron chi connectivity index (χ0n) is 17.6. The lowest BCUT2D eigenvalue weighted by atomic mass is 10.1. The number of carbonyl (C=O) groups excluding carboxylic acids is 1. The monoisotopic (exact) mass is 496 g/mol. The van der Waals surface area contributed by atoms with E-state index in [1.807, 2.05) is 0 Å². The third-order valence-electron chi connectivity index (χ3n) is 5.10. The number of esters is 1. The number of aliphatic hydroxyl groups is 1. The molecule has 1 aliphatic rings. The van der Waals surface area contributed by atoms with Crippen LogP contribution >= 0.6 is 7.82 Å². The van der Waals surface area contributed by atoms with Gasteiger partial charge in [0.05, 0.1) is 18.5 Å². The first-order valence-electron chi connectivity index (χ1n) is 9.82. The molecule has 16 heteroatoms. The van der Waals surface area contributed by atoms with Crippen molar-refractivity contribution >= 4 is 36.6 Å². The fourth-order valence-electron chi connectivity index (χ4n) is 3.60. The lowest BCUT2D eigenvalue weighted by Gasteiger charge is -2.21. The van der Waals surface area contributed by atoms with Gasteiger partial charge < -0.3 is 35.4 Å². The molecule has 4 atom stereocenters. The predicted octanol–water partition coefficient (Wildman–Crippen LogP) is -0.663. The normalized spacial score (nSPS) is 22.7. The number of imidazole rings is 1. The smallest absolute Gasteiger partial charge is 0.453 e. The van der Waals surface area contributed by atoms with E-state index in [9.17, 15) is 19.3 Å². The number of benzene rings is 1. The van der Waals surface area contributed by atoms with E-state index in [0.29, 0.717) is 5.69 Å². The van der Waals surface area contributed by atoms with Crippen LogP contribution in [-0.4, -0.2) is 72.3 Å². The highest BCUT2D eigenvalue weighted by Crippen LogP contribution is 2.39. The number of aromatic amines is 1. The molecular weight excluding hydrogens is 475 g/mol. The van der Waals surface area contributed by atoms with Crippen molar-refractivity contribution in [2.75, 3.05) is 24.7 Å². The third kappa shape index (κ3) is 4.65. The Kier molecular flexibility index (Phi) is 6.40. The zero-order valence-corrected chi connectivity index (χ0v) is 18.5. The Labute approximate surface area is 190 Å². The average molecular weight is 496 g/mol. The van der Waals surface area contributed by atoms with Crippen LogP contribution in [0.5, 0.6) is 0 Å². The number of hydrogen-bond acceptors (Lipinski definition) is 11. The molecule has 182 valence electrons. The third-order valence-corrected chi connectivity index (χ3v) is 5.59. The maximum absolute atomic E-state index is 12.9. The molecule has 2 aromatic heterocycles. The van der Waals surface area contributed by atoms with E-state index in [0.717, 1.165) is 0 Å². The van der Waals surface area contributed by atoms with E-state index in [-0.39, 0.29) is 22.7 Å². The van der Waals surface area contributed by atoms with Crippen LogP contribution in [-0.2, 0) is 18.6 Å². The van der Waals surface area contributed by atoms with E-state index in [1.165, 1.54) is 17.0 Å². The van der Waals surface area contributed by atoms with Crippen molar-refractivity contribution < 1.29 is 38.3 Å². The Bertz CT molecular complexity index is 1320. The number of para-hydroxylation sites is 1. The Morgan fingerprint density at radius 3 is 2.82 bits per heavy atom. The molecule has 1 fully saturated rings. The summed E-state index contributed by atoms with van der Waals surface area (Å²) in [6.07, 6.45) is -4.40. The molecule has 1 saturated heterocycles. The molecule has 15 nitrogen and oxygen atoms in total. The fourth-order valence-corrected chi connectivity index (χ4v) is 3.94. The number of nitrogens with zero attached hydrogens (tertiary/aromatic N) is 3. The molecule has 0 spiro atoms. The zero-order chi connectivity index (χ0) is 24.6. The van der Waals surface area contributed by atoms with Gasteiger partial charge in [-0.15, -0.1) is 0 Å². The first kappa shape index (κ1) is 23.8. The number of aromatic nitrogens is 4. The lowest BCUT2D eigenvalue weighted by molar-refractivity contribution is -0.0521. The van der Waals surface area contributed by atoms with Crippen LogP contribution in [0.4, 0.5) is 11.6 Å². The second-order valence-corrected chi connectivity index (χ2v) is 8.52. The fraction of sp³-hybridized carbons (Fsp3) is 0.333. The van der Waals surface area contributed by atoms with Crippen LogP contribution in [0.1, 0.15) is 16.6 Å². The highest BCUT2D eigenvalue weighted by Gasteiger charge is 2.48. The molecule has 0 amide bonds. The molecule has 4 rings (SSSR count). The van der Waals surface area contributed by atoms with Gasteiger partial charge in [-0.2, -0.15) is 4.98 Å². The first-order valence-corrected chi connectivity index (χ1v) is 11.4. The number of ether oxygens (including phenoxy) is 2. The second kappa shape index (κ2) is 9.13. The van der Waals surface area contributed by atoms with Crippen LogP contribution in [0.15, 0.2) is 35.4 Å². The predicted molar refractivity (Wildman–Crippen MR) is 116 cm³/mol. The highest BCUT2D eigenvalue weighted by molar-refractivity contribution is 7.46. The van der Waals surface area contributed by atoms with Gasteiger partial charge in [0.2, 0.25) is 5.95 Å². The van der Waals surface area contributed by atoms with E-state index in [1.54, 1.807) is 25.2 Å². The SMILES string of the molecule is CNc1ccccc1C(=O)O[C@H]1[C@@H](O)[C@H](n2cnc3c(=O)[nH]c(N)nc32)O[C@@H]1COP(=O)(O)O. The van der Waals surface area contributed by atoms with Crippen LogP contribution < -0.4 is 16.6 Å². The molecule has 3 aromatic rings. The van der Waals surface area contributed by atoms with E-state index in [2.05, 4.69) is 24.8 Å². The minimum atomic E-state index is -4.91. The molecule has 34 heavy (non-hydrogen) atoms. The Morgan fingerprint density at radius 1 is 1.38 bits per heavy atom. The Balaban J connectivity index is 1.67. The summed E-state index contributed by atoms with van der Waals surface area (Å²) in [6, 6.07) is 6.45. The topological polar surface area (TPSA) is 224 Å². The van der Waals surface area contributed by atoms with Crippen molar-refractivity contribution in [3.8, 4) is 0 Å². The molecular formula is C18H21N6O9P. The van der Waals surface area contributed by atoms with Crippen LogP contribution in [0.3, 0.4) is 0 Å². The van der Waals surface area contributed by atoms with Gasteiger partial charge >= 0.3 is 13.8 Å². The standard InChI is InChI=1S/C18H21N6O9P/c1-20-9-5-3-2-4-8(9)17(27)33-13-10(6-31-34(28,29)30)32-16(12(13)25)24-7-21-11-14(24)22-18(19)23-15(11)26/h2-5,7,10,12-13,16,20,25H,6H2,1H3,(H2,28,29,30)(H3,19,22,23,26)/t10-,12-,13-,16-/m1/s1. The highest BCUT2D eigenvalue weighted by atomic mass is 31.2. The molecule has 0 radical (unpaired) electrons. The van der Waals surface area contributed by atoms with Gasteiger partial charge in [-0.3, -0.25) is 18.9 Å². The number of aliphatic hydroxyl groups excluding tert-OH is 1. The van der Waals surface area contributed by atoms with Crippen molar-refractivity contribution in [1.82, 2.24) is 19.5 Å². The number of fused-ring (bicyclic) bond motifs is 1. The summed E-state index contributed by atoms with van der Waals surface area (Å²) in [7, 11) is -3.30. The Hall–Kier alpha value is -3.33. The summed E-state index contributed by atoms with van der Waals surface area (Å²) >= 11 is 0. The lowest BCUT2D eigenvalue weighted by Crippen LogP contribution is -2.38. The van der Waals surface area contributed by atoms with Gasteiger partial charge in [-0.25, -0.2) is 14.3 Å². The summed E-state index contributed by atoms with van der Waals surface area (Å²) in [5.41, 5.74) is 5.49. The summed E-state index contributed by atoms with van der Waals surface area (Å²) < 4.78 is 28.2. The molecule has 0 bridgehead atoms. The number of nitrogen functional groups attached to an aromatic ring is 1. The summed E-state index contributed by atoms with van der Waals surface area (Å²) in [4.78, 5) is 53.3. The average Bonchev–Trinajstić information content (AvgIpc) is 3.33. The number of phosphoric acid groups is 1. The first-order chi connectivity index (χ1) is 16.1. The number of nitrogens with two attached hydrogens (primary N) is 1. The molecule has 1 aliphatic heterocycles. The number of phosphoric ester groups is 1. The molecule has 0 aliphatic carbocycles. The maximum atomic E-state index is 12.9. The van der Waals surface area contributed by atoms with Crippen molar-refractivity contribution in [3.05, 3.63) is 46.5 Å². The largest absolute Gasteiger partial charge is 0.469 e. The number of carbonyl (C=O) groups is 1. The van der Waals surface area contributed by atoms with Gasteiger partial charge in [-0.1, -0.05) is 12.1 Å². The Morgan fingerprint density at radius 2 is 2.12 bits per heavy atom. The van der Waals surface area contributed by atoms with E-state index < -0.39 is 50.5 Å². The summed E-state index contributed by atoms with van der Waals surface area (Å²) in [5, 5.41) is 13.8. The van der Waals surface area contributed by atoms with Gasteiger partial charge in [0, 0.05) is 12.7 Å². The summed E-state index contributed by atoms with van der Waals surface area (Å²) in [5.74, 6) is -1.03. The van der Waals surface area contributed by atoms with E-state index in [4.69, 9.17) is 25.0 Å². The molecule has 0 saturated carbocycles. The van der Waals surface area contributed by atoms with Crippen LogP contribution in [0.25, 0.3) is 11.2 Å². The van der Waals surface area contributed by atoms with Crippen molar-refractivity contribution in [2.45, 2.75) is 24.5 Å². The van der Waals surface area contributed by atoms with Gasteiger partial charge in [0.15, 0.2) is 23.5 Å². The van der Waals surface area contributed by atoms with Crippen molar-refractivity contribution in [3.63, 3.8) is 0 Å². The van der Waals surface area contributed by atoms with E-state index >= 15 is 0 Å². The maximum Gasteiger partial charge on any atom is 0.469 e. The number of anilines is 2. The quantitative estimate of drug-likeness (QED) is 0.177. The van der Waals surface area contributed by atoms with Crippen molar-refractivity contribution in [1.29, 1.82) is 0 Å². The summed E-state index contributed by atoms with van der Waals surface area (Å²) in [6.45, 7) is -0.716. The number of rotatable bonds is 7. The van der Waals surface area contributed by atoms with Crippen LogP contribution in [0.2, 0.25) is 0 Å². The van der Waals surface area contributed by atoms with Gasteiger partial charge in [-0.05, 0) is 12.1 Å². The van der Waals surface area contributed by atoms with Gasteiger partial charge in [0.25, 0.3) is 5.56 Å².